The molecule has 0 unspecified atom stereocenters. The number of nitrogens with one attached hydrogen (secondary N) is 4. The van der Waals surface area contributed by atoms with Crippen LogP contribution in [-0.4, -0.2) is 59.7 Å². The van der Waals surface area contributed by atoms with E-state index in [1.165, 1.54) is 11.1 Å². The van der Waals surface area contributed by atoms with Gasteiger partial charge in [-0.1, -0.05) is 61.5 Å². The summed E-state index contributed by atoms with van der Waals surface area (Å²) in [6.45, 7) is 7.06. The number of imide groups is 1. The molecule has 5 amide bonds. The lowest BCUT2D eigenvalue weighted by Crippen LogP contribution is -2.48. The maximum absolute atomic E-state index is 12.6. The van der Waals surface area contributed by atoms with Crippen LogP contribution in [0.1, 0.15) is 76.5 Å². The molecule has 2 aromatic rings. The number of hydrogen-bond acceptors (Lipinski definition) is 6. The molecule has 0 radical (unpaired) electrons. The number of amides is 5. The fourth-order valence-corrected chi connectivity index (χ4v) is 4.48. The summed E-state index contributed by atoms with van der Waals surface area (Å²) in [6, 6.07) is 17.1. The van der Waals surface area contributed by atoms with Gasteiger partial charge in [0.15, 0.2) is 0 Å². The van der Waals surface area contributed by atoms with Crippen LogP contribution in [0.5, 0.6) is 0 Å². The minimum Gasteiger partial charge on any atom is -0.465 e. The largest absolute Gasteiger partial charge is 0.465 e. The molecular formula is C34H48N4O7. The summed E-state index contributed by atoms with van der Waals surface area (Å²) in [5.74, 6) is -2.28. The van der Waals surface area contributed by atoms with E-state index < -0.39 is 47.5 Å². The molecule has 246 valence electrons. The quantitative estimate of drug-likeness (QED) is 0.162. The number of carbonyl (C=O) groups is 5. The zero-order valence-corrected chi connectivity index (χ0v) is 26.8. The summed E-state index contributed by atoms with van der Waals surface area (Å²) >= 11 is 0. The van der Waals surface area contributed by atoms with Crippen molar-refractivity contribution in [2.24, 2.45) is 5.92 Å². The average molecular weight is 625 g/mol. The van der Waals surface area contributed by atoms with Gasteiger partial charge in [-0.25, -0.2) is 9.59 Å². The normalized spacial score (nSPS) is 12.4. The summed E-state index contributed by atoms with van der Waals surface area (Å²) in [6.07, 6.45) is 3.46. The third-order valence-corrected chi connectivity index (χ3v) is 6.91. The van der Waals surface area contributed by atoms with Crippen LogP contribution in [0.3, 0.4) is 0 Å². The van der Waals surface area contributed by atoms with Gasteiger partial charge in [0.1, 0.15) is 11.6 Å². The molecule has 5 N–H and O–H groups in total. The number of carboxylic acid groups (broad SMARTS) is 1. The van der Waals surface area contributed by atoms with Crippen molar-refractivity contribution in [3.8, 4) is 0 Å². The number of alkyl carbamates (subject to hydrolysis) is 1. The molecule has 0 heterocycles. The zero-order chi connectivity index (χ0) is 33.2. The Morgan fingerprint density at radius 2 is 1.38 bits per heavy atom. The molecule has 0 bridgehead atoms. The van der Waals surface area contributed by atoms with E-state index in [4.69, 9.17) is 9.84 Å². The summed E-state index contributed by atoms with van der Waals surface area (Å²) in [5, 5.41) is 18.9. The standard InChI is InChI=1S/C34H48N4O7/c1-24(23-36-31(41)28(37-32(42)43)16-10-11-21-35-33(44)45-34(2,3)4)30(40)38-29(39)22-27-19-17-26(18-20-27)15-9-8-14-25-12-6-5-7-13-25/h5-7,12-13,17-20,24,28,37H,8-11,14-16,21-23H2,1-4H3,(H,35,44)(H,36,41)(H,42,43)(H,38,39,40)/t24-,28-/m0/s1. The van der Waals surface area contributed by atoms with Crippen LogP contribution in [0.4, 0.5) is 9.59 Å². The molecule has 0 fully saturated rings. The topological polar surface area (TPSA) is 163 Å². The van der Waals surface area contributed by atoms with Crippen LogP contribution >= 0.6 is 0 Å². The smallest absolute Gasteiger partial charge is 0.407 e. The van der Waals surface area contributed by atoms with Crippen LogP contribution in [0.2, 0.25) is 0 Å². The molecule has 2 rings (SSSR count). The molecule has 0 aliphatic heterocycles. The highest BCUT2D eigenvalue weighted by Crippen LogP contribution is 2.12. The Balaban J connectivity index is 1.69. The number of aryl methyl sites for hydroxylation is 2. The van der Waals surface area contributed by atoms with Crippen molar-refractivity contribution in [1.82, 2.24) is 21.3 Å². The second-order valence-corrected chi connectivity index (χ2v) is 12.2. The van der Waals surface area contributed by atoms with Crippen LogP contribution in [0, 0.1) is 5.92 Å². The number of hydrogen-bond donors (Lipinski definition) is 5. The van der Waals surface area contributed by atoms with E-state index in [0.717, 1.165) is 31.2 Å². The van der Waals surface area contributed by atoms with Gasteiger partial charge in [0, 0.05) is 13.1 Å². The molecule has 0 saturated heterocycles. The number of ether oxygens (including phenoxy) is 1. The maximum Gasteiger partial charge on any atom is 0.407 e. The lowest BCUT2D eigenvalue weighted by molar-refractivity contribution is -0.132. The summed E-state index contributed by atoms with van der Waals surface area (Å²) < 4.78 is 5.16. The Labute approximate surface area is 265 Å². The van der Waals surface area contributed by atoms with E-state index in [1.807, 2.05) is 30.3 Å². The van der Waals surface area contributed by atoms with E-state index in [1.54, 1.807) is 27.7 Å². The number of benzene rings is 2. The average Bonchev–Trinajstić information content (AvgIpc) is 2.97. The fraction of sp³-hybridized carbons (Fsp3) is 0.500. The lowest BCUT2D eigenvalue weighted by Gasteiger charge is -2.20. The van der Waals surface area contributed by atoms with Gasteiger partial charge >= 0.3 is 12.2 Å². The van der Waals surface area contributed by atoms with Gasteiger partial charge in [0.25, 0.3) is 0 Å². The first-order chi connectivity index (χ1) is 21.3. The van der Waals surface area contributed by atoms with Gasteiger partial charge in [0.05, 0.1) is 12.3 Å². The Kier molecular flexibility index (Phi) is 15.6. The highest BCUT2D eigenvalue weighted by Gasteiger charge is 2.23. The zero-order valence-electron chi connectivity index (χ0n) is 26.8. The molecule has 0 spiro atoms. The van der Waals surface area contributed by atoms with Crippen LogP contribution in [-0.2, 0) is 38.4 Å². The molecule has 0 aliphatic carbocycles. The first kappa shape index (κ1) is 36.8. The lowest BCUT2D eigenvalue weighted by atomic mass is 10.0. The summed E-state index contributed by atoms with van der Waals surface area (Å²) in [4.78, 5) is 60.6. The number of unbranched alkanes of at least 4 members (excludes halogenated alkanes) is 2. The predicted octanol–water partition coefficient (Wildman–Crippen LogP) is 4.52. The summed E-state index contributed by atoms with van der Waals surface area (Å²) in [5.41, 5.74) is 2.71. The first-order valence-corrected chi connectivity index (χ1v) is 15.5. The van der Waals surface area contributed by atoms with Crippen LogP contribution in [0.15, 0.2) is 54.6 Å². The van der Waals surface area contributed by atoms with E-state index >= 15 is 0 Å². The molecule has 0 saturated carbocycles. The molecule has 2 atom stereocenters. The van der Waals surface area contributed by atoms with Crippen molar-refractivity contribution >= 4 is 29.9 Å². The van der Waals surface area contributed by atoms with E-state index in [-0.39, 0.29) is 19.4 Å². The molecule has 0 aromatic heterocycles. The second kappa shape index (κ2) is 19.1. The maximum atomic E-state index is 12.6. The van der Waals surface area contributed by atoms with Gasteiger partial charge < -0.3 is 25.8 Å². The third-order valence-electron chi connectivity index (χ3n) is 6.91. The van der Waals surface area contributed by atoms with Crippen molar-refractivity contribution in [2.45, 2.75) is 90.7 Å². The number of carbonyl (C=O) groups excluding carboxylic acids is 4. The molecule has 2 aromatic carbocycles. The van der Waals surface area contributed by atoms with E-state index in [0.29, 0.717) is 19.4 Å². The SMILES string of the molecule is C[C@@H](CNC(=O)[C@H](CCCCNC(=O)OC(C)(C)C)NC(=O)O)C(=O)NC(=O)Cc1ccc(CCCCc2ccccc2)cc1. The molecule has 11 heteroatoms. The number of rotatable bonds is 17. The van der Waals surface area contributed by atoms with Crippen molar-refractivity contribution < 1.29 is 33.8 Å². The minimum atomic E-state index is -1.35. The van der Waals surface area contributed by atoms with Crippen molar-refractivity contribution in [1.29, 1.82) is 0 Å². The monoisotopic (exact) mass is 624 g/mol. The molecular weight excluding hydrogens is 576 g/mol. The van der Waals surface area contributed by atoms with Gasteiger partial charge in [-0.3, -0.25) is 19.7 Å². The van der Waals surface area contributed by atoms with Crippen molar-refractivity contribution in [3.05, 3.63) is 71.3 Å². The molecule has 45 heavy (non-hydrogen) atoms. The second-order valence-electron chi connectivity index (χ2n) is 12.2. The Hall–Kier alpha value is -4.41. The Morgan fingerprint density at radius 1 is 0.778 bits per heavy atom. The van der Waals surface area contributed by atoms with Gasteiger partial charge in [0.2, 0.25) is 17.7 Å². The Bertz CT molecular complexity index is 1240. The highest BCUT2D eigenvalue weighted by molar-refractivity contribution is 5.97. The van der Waals surface area contributed by atoms with Crippen LogP contribution in [0.25, 0.3) is 0 Å². The Morgan fingerprint density at radius 3 is 1.98 bits per heavy atom. The highest BCUT2D eigenvalue weighted by atomic mass is 16.6. The van der Waals surface area contributed by atoms with Crippen molar-refractivity contribution in [3.63, 3.8) is 0 Å². The first-order valence-electron chi connectivity index (χ1n) is 15.5. The van der Waals surface area contributed by atoms with Gasteiger partial charge in [-0.15, -0.1) is 0 Å². The van der Waals surface area contributed by atoms with Gasteiger partial charge in [-0.2, -0.15) is 0 Å². The molecule has 0 aliphatic rings. The van der Waals surface area contributed by atoms with E-state index in [9.17, 15) is 24.0 Å². The van der Waals surface area contributed by atoms with Crippen LogP contribution < -0.4 is 21.3 Å². The third kappa shape index (κ3) is 16.3. The molecule has 11 nitrogen and oxygen atoms in total. The van der Waals surface area contributed by atoms with Crippen molar-refractivity contribution in [2.75, 3.05) is 13.1 Å². The van der Waals surface area contributed by atoms with Gasteiger partial charge in [-0.05, 0) is 82.4 Å². The minimum absolute atomic E-state index is 0.0481. The predicted molar refractivity (Wildman–Crippen MR) is 172 cm³/mol. The van der Waals surface area contributed by atoms with E-state index in [2.05, 4.69) is 45.5 Å². The fourth-order valence-electron chi connectivity index (χ4n) is 4.48. The summed E-state index contributed by atoms with van der Waals surface area (Å²) in [7, 11) is 0.